The Labute approximate surface area is 293 Å². The van der Waals surface area contributed by atoms with E-state index in [4.69, 9.17) is 23.3 Å². The Morgan fingerprint density at radius 2 is 1.39 bits per heavy atom. The zero-order valence-electron chi connectivity index (χ0n) is 29.6. The summed E-state index contributed by atoms with van der Waals surface area (Å²) in [4.78, 5) is 10.5. The van der Waals surface area contributed by atoms with Crippen molar-refractivity contribution in [1.82, 2.24) is 0 Å². The first-order valence-corrected chi connectivity index (χ1v) is 19.5. The number of fused-ring (bicyclic) bond motifs is 1. The van der Waals surface area contributed by atoms with Crippen LogP contribution in [0.25, 0.3) is 10.9 Å². The smallest absolute Gasteiger partial charge is 0.493 e. The van der Waals surface area contributed by atoms with Gasteiger partial charge in [0, 0.05) is 35.3 Å². The molecule has 3 aromatic carbocycles. The van der Waals surface area contributed by atoms with Gasteiger partial charge < -0.3 is 18.7 Å². The predicted octanol–water partition coefficient (Wildman–Crippen LogP) is 9.76. The first-order chi connectivity index (χ1) is 23.9. The molecule has 9 heteroatoms. The Balaban J connectivity index is 1.19. The third-order valence-corrected chi connectivity index (χ3v) is 9.44. The molecule has 1 aromatic heterocycles. The molecule has 2 atom stereocenters. The van der Waals surface area contributed by atoms with Gasteiger partial charge in [0.25, 0.3) is 0 Å². The highest BCUT2D eigenvalue weighted by Crippen LogP contribution is 2.44. The largest absolute Gasteiger partial charge is 0.527 e. The molecule has 1 heterocycles. The Bertz CT molecular complexity index is 1570. The van der Waals surface area contributed by atoms with Crippen LogP contribution in [-0.4, -0.2) is 37.4 Å². The molecule has 4 aromatic rings. The van der Waals surface area contributed by atoms with Crippen molar-refractivity contribution in [2.45, 2.75) is 97.6 Å². The maximum Gasteiger partial charge on any atom is 0.527 e. The Morgan fingerprint density at radius 3 is 2.10 bits per heavy atom. The van der Waals surface area contributed by atoms with Gasteiger partial charge in [-0.1, -0.05) is 82.9 Å². The molecule has 2 unspecified atom stereocenters. The number of nitrogens with zero attached hydrogens (tertiary/aromatic N) is 1. The summed E-state index contributed by atoms with van der Waals surface area (Å²) >= 11 is 0. The number of unbranched alkanes of at least 4 members (excludes halogenated alkanes) is 9. The van der Waals surface area contributed by atoms with Gasteiger partial charge in [-0.2, -0.15) is 4.57 Å². The average molecular weight is 693 g/mol. The number of para-hydroxylation sites is 1. The van der Waals surface area contributed by atoms with Gasteiger partial charge in [0.2, 0.25) is 5.52 Å². The van der Waals surface area contributed by atoms with Gasteiger partial charge in [0.15, 0.2) is 12.7 Å². The minimum Gasteiger partial charge on any atom is -0.493 e. The van der Waals surface area contributed by atoms with E-state index in [1.807, 2.05) is 68.6 Å². The van der Waals surface area contributed by atoms with Crippen LogP contribution in [-0.2, 0) is 20.4 Å². The highest BCUT2D eigenvalue weighted by atomic mass is 31.2. The topological polar surface area (TPSA) is 87.3 Å². The molecule has 0 saturated carbocycles. The summed E-state index contributed by atoms with van der Waals surface area (Å²) in [6.07, 6.45) is 14.3. The van der Waals surface area contributed by atoms with Crippen LogP contribution in [0.1, 0.15) is 89.2 Å². The second-order valence-corrected chi connectivity index (χ2v) is 13.9. The molecule has 0 aliphatic heterocycles. The van der Waals surface area contributed by atoms with E-state index in [0.29, 0.717) is 25.5 Å². The van der Waals surface area contributed by atoms with Crippen LogP contribution in [0, 0.1) is 6.92 Å². The number of rotatable bonds is 24. The Morgan fingerprint density at radius 1 is 0.735 bits per heavy atom. The number of phosphoric ester groups is 1. The maximum atomic E-state index is 12.8. The van der Waals surface area contributed by atoms with Gasteiger partial charge in [-0.3, -0.25) is 9.42 Å². The lowest BCUT2D eigenvalue weighted by molar-refractivity contribution is -0.662. The molecular formula is C40H55NO7P+. The van der Waals surface area contributed by atoms with Gasteiger partial charge in [0.05, 0.1) is 13.2 Å². The first-order valence-electron chi connectivity index (χ1n) is 18.0. The maximum absolute atomic E-state index is 12.8. The lowest BCUT2D eigenvalue weighted by atomic mass is 10.1. The first kappa shape index (κ1) is 38.4. The van der Waals surface area contributed by atoms with E-state index in [1.165, 1.54) is 57.8 Å². The summed E-state index contributed by atoms with van der Waals surface area (Å²) in [6.45, 7) is 7.76. The molecule has 0 spiro atoms. The van der Waals surface area contributed by atoms with Gasteiger partial charge in [-0.15, -0.1) is 0 Å². The lowest BCUT2D eigenvalue weighted by Crippen LogP contribution is -2.34. The molecule has 0 aliphatic carbocycles. The third kappa shape index (κ3) is 13.4. The summed E-state index contributed by atoms with van der Waals surface area (Å²) in [7, 11) is -4.41. The summed E-state index contributed by atoms with van der Waals surface area (Å²) in [5.41, 5.74) is 3.06. The van der Waals surface area contributed by atoms with Crippen molar-refractivity contribution in [3.8, 4) is 17.2 Å². The Kier molecular flexibility index (Phi) is 16.4. The van der Waals surface area contributed by atoms with Crippen LogP contribution in [0.15, 0.2) is 85.1 Å². The van der Waals surface area contributed by atoms with E-state index in [2.05, 4.69) is 29.7 Å². The molecule has 0 fully saturated rings. The second-order valence-electron chi connectivity index (χ2n) is 12.5. The van der Waals surface area contributed by atoms with E-state index in [1.54, 1.807) is 12.1 Å². The van der Waals surface area contributed by atoms with E-state index in [-0.39, 0.29) is 19.0 Å². The SMILES string of the molecule is CCCCCCCCCCCCOc1cccc(OCC(COP(=O)(O)Oc2ccc(C[n+]3cccc4ccccc43)cc2)OCC)c1C. The molecule has 0 saturated heterocycles. The fourth-order valence-electron chi connectivity index (χ4n) is 5.79. The number of aromatic nitrogens is 1. The summed E-state index contributed by atoms with van der Waals surface area (Å²) < 4.78 is 43.6. The summed E-state index contributed by atoms with van der Waals surface area (Å²) in [5, 5.41) is 1.16. The molecule has 49 heavy (non-hydrogen) atoms. The number of benzene rings is 3. The molecule has 0 amide bonds. The highest BCUT2D eigenvalue weighted by Gasteiger charge is 2.26. The van der Waals surface area contributed by atoms with E-state index in [9.17, 15) is 9.46 Å². The number of ether oxygens (including phenoxy) is 3. The van der Waals surface area contributed by atoms with Crippen molar-refractivity contribution >= 4 is 18.7 Å². The standard InChI is InChI=1S/C40H54NO7P/c1-4-6-7-8-9-10-11-12-13-16-29-45-39-22-17-23-40(33(39)3)46-31-37(44-5-2)32-47-49(42,43)48-36-26-24-34(25-27-36)30-41-28-18-20-35-19-14-15-21-38(35)41/h14-15,17-28,37H,4-13,16,29-32H2,1-3H3/p+1. The molecular weight excluding hydrogens is 637 g/mol. The van der Waals surface area contributed by atoms with E-state index in [0.717, 1.165) is 34.2 Å². The van der Waals surface area contributed by atoms with Crippen molar-refractivity contribution in [3.63, 3.8) is 0 Å². The van der Waals surface area contributed by atoms with Crippen LogP contribution in [0.3, 0.4) is 0 Å². The predicted molar refractivity (Wildman–Crippen MR) is 196 cm³/mol. The highest BCUT2D eigenvalue weighted by molar-refractivity contribution is 7.47. The van der Waals surface area contributed by atoms with Crippen LogP contribution < -0.4 is 18.6 Å². The van der Waals surface area contributed by atoms with Gasteiger partial charge in [-0.25, -0.2) is 4.57 Å². The summed E-state index contributed by atoms with van der Waals surface area (Å²) in [5.74, 6) is 1.72. The normalized spacial score (nSPS) is 13.2. The quantitative estimate of drug-likeness (QED) is 0.0445. The van der Waals surface area contributed by atoms with Crippen LogP contribution in [0.5, 0.6) is 17.2 Å². The number of pyridine rings is 1. The fraction of sp³-hybridized carbons (Fsp3) is 0.475. The third-order valence-electron chi connectivity index (χ3n) is 8.53. The van der Waals surface area contributed by atoms with Crippen LogP contribution in [0.4, 0.5) is 0 Å². The van der Waals surface area contributed by atoms with E-state index >= 15 is 0 Å². The zero-order valence-corrected chi connectivity index (χ0v) is 30.5. The second kappa shape index (κ2) is 20.9. The van der Waals surface area contributed by atoms with Gasteiger partial charge >= 0.3 is 7.82 Å². The van der Waals surface area contributed by atoms with Crippen LogP contribution >= 0.6 is 7.82 Å². The van der Waals surface area contributed by atoms with Gasteiger partial charge in [-0.05, 0) is 68.8 Å². The molecule has 1 N–H and O–H groups in total. The number of phosphoric acid groups is 1. The van der Waals surface area contributed by atoms with E-state index < -0.39 is 13.9 Å². The zero-order chi connectivity index (χ0) is 34.7. The minimum atomic E-state index is -4.41. The minimum absolute atomic E-state index is 0.136. The van der Waals surface area contributed by atoms with Crippen molar-refractivity contribution < 1.29 is 37.3 Å². The van der Waals surface area contributed by atoms with Crippen molar-refractivity contribution in [1.29, 1.82) is 0 Å². The van der Waals surface area contributed by atoms with Crippen molar-refractivity contribution in [3.05, 3.63) is 96.2 Å². The van der Waals surface area contributed by atoms with Crippen molar-refractivity contribution in [2.75, 3.05) is 26.4 Å². The molecule has 0 radical (unpaired) electrons. The molecule has 266 valence electrons. The molecule has 8 nitrogen and oxygen atoms in total. The Hall–Kier alpha value is -3.42. The number of hydrogen-bond acceptors (Lipinski definition) is 6. The molecule has 4 rings (SSSR count). The van der Waals surface area contributed by atoms with Crippen molar-refractivity contribution in [2.24, 2.45) is 0 Å². The van der Waals surface area contributed by atoms with Crippen LogP contribution in [0.2, 0.25) is 0 Å². The van der Waals surface area contributed by atoms with Gasteiger partial charge in [0.1, 0.15) is 30.0 Å². The fourth-order valence-corrected chi connectivity index (χ4v) is 6.59. The average Bonchev–Trinajstić information content (AvgIpc) is 3.10. The molecule has 0 aliphatic rings. The molecule has 0 bridgehead atoms. The number of hydrogen-bond donors (Lipinski definition) is 1. The summed E-state index contributed by atoms with van der Waals surface area (Å²) in [6, 6.07) is 25.1. The lowest BCUT2D eigenvalue weighted by Gasteiger charge is -2.21. The monoisotopic (exact) mass is 692 g/mol.